The maximum Gasteiger partial charge on any atom is 0.419 e. The van der Waals surface area contributed by atoms with Crippen LogP contribution in [0.5, 0.6) is 5.75 Å². The minimum Gasteiger partial charge on any atom is -0.480 e. The van der Waals surface area contributed by atoms with Gasteiger partial charge in [0.2, 0.25) is 0 Å². The van der Waals surface area contributed by atoms with E-state index in [4.69, 9.17) is 4.74 Å². The van der Waals surface area contributed by atoms with E-state index in [9.17, 15) is 22.8 Å². The van der Waals surface area contributed by atoms with Crippen LogP contribution in [0.15, 0.2) is 24.3 Å². The van der Waals surface area contributed by atoms with Crippen molar-refractivity contribution < 1.29 is 32.2 Å². The predicted octanol–water partition coefficient (Wildman–Crippen LogP) is 2.15. The Hall–Kier alpha value is -2.25. The van der Waals surface area contributed by atoms with Crippen molar-refractivity contribution in [3.8, 4) is 5.75 Å². The number of carbonyl (C=O) groups is 2. The summed E-state index contributed by atoms with van der Waals surface area (Å²) in [7, 11) is 1.21. The molecule has 1 aromatic rings. The summed E-state index contributed by atoms with van der Waals surface area (Å²) < 4.78 is 47.9. The molecular weight excluding hydrogens is 303 g/mol. The normalized spacial score (nSPS) is 12.4. The number of hydrogen-bond donors (Lipinski definition) is 1. The summed E-state index contributed by atoms with van der Waals surface area (Å²) in [5.41, 5.74) is -0.954. The van der Waals surface area contributed by atoms with Crippen LogP contribution in [-0.2, 0) is 20.5 Å². The first-order chi connectivity index (χ1) is 10.3. The van der Waals surface area contributed by atoms with Gasteiger partial charge in [0.05, 0.1) is 19.1 Å². The molecule has 1 atom stereocenters. The Morgan fingerprint density at radius 2 is 1.91 bits per heavy atom. The van der Waals surface area contributed by atoms with E-state index in [0.717, 1.165) is 12.1 Å². The Balaban J connectivity index is 2.63. The second-order valence-electron chi connectivity index (χ2n) is 4.37. The van der Waals surface area contributed by atoms with Gasteiger partial charge in [-0.1, -0.05) is 12.1 Å². The van der Waals surface area contributed by atoms with Gasteiger partial charge in [-0.15, -0.1) is 0 Å². The standard InChI is InChI=1S/C14H16F3NO4/c1-9(13(20)18-8-7-12(19)21-2)22-11-6-4-3-5-10(11)14(15,16)17/h3-6,9H,7-8H2,1-2H3,(H,18,20). The molecule has 1 aromatic carbocycles. The van der Waals surface area contributed by atoms with Crippen molar-refractivity contribution in [3.63, 3.8) is 0 Å². The highest BCUT2D eigenvalue weighted by molar-refractivity contribution is 5.81. The number of nitrogens with one attached hydrogen (secondary N) is 1. The van der Waals surface area contributed by atoms with Crippen molar-refractivity contribution >= 4 is 11.9 Å². The van der Waals surface area contributed by atoms with Crippen LogP contribution in [0, 0.1) is 0 Å². The van der Waals surface area contributed by atoms with Crippen LogP contribution >= 0.6 is 0 Å². The molecule has 0 heterocycles. The van der Waals surface area contributed by atoms with Gasteiger partial charge in [-0.05, 0) is 19.1 Å². The van der Waals surface area contributed by atoms with Gasteiger partial charge < -0.3 is 14.8 Å². The van der Waals surface area contributed by atoms with Crippen LogP contribution in [0.25, 0.3) is 0 Å². The molecule has 122 valence electrons. The molecule has 0 bridgehead atoms. The van der Waals surface area contributed by atoms with Gasteiger partial charge in [-0.2, -0.15) is 13.2 Å². The Kier molecular flexibility index (Phi) is 6.21. The van der Waals surface area contributed by atoms with E-state index in [1.807, 2.05) is 0 Å². The quantitative estimate of drug-likeness (QED) is 0.816. The predicted molar refractivity (Wildman–Crippen MR) is 71.2 cm³/mol. The molecule has 1 N–H and O–H groups in total. The third kappa shape index (κ3) is 5.27. The van der Waals surface area contributed by atoms with Crippen molar-refractivity contribution in [1.82, 2.24) is 5.32 Å². The van der Waals surface area contributed by atoms with Crippen LogP contribution in [0.2, 0.25) is 0 Å². The van der Waals surface area contributed by atoms with E-state index in [1.54, 1.807) is 0 Å². The highest BCUT2D eigenvalue weighted by Gasteiger charge is 2.34. The molecule has 0 fully saturated rings. The molecule has 0 saturated heterocycles. The second-order valence-corrected chi connectivity index (χ2v) is 4.37. The van der Waals surface area contributed by atoms with Crippen LogP contribution in [0.1, 0.15) is 18.9 Å². The molecule has 22 heavy (non-hydrogen) atoms. The minimum absolute atomic E-state index is 0.0140. The van der Waals surface area contributed by atoms with Crippen molar-refractivity contribution in [1.29, 1.82) is 0 Å². The van der Waals surface area contributed by atoms with E-state index in [0.29, 0.717) is 0 Å². The summed E-state index contributed by atoms with van der Waals surface area (Å²) in [6.07, 6.45) is -5.74. The Labute approximate surface area is 125 Å². The van der Waals surface area contributed by atoms with Crippen molar-refractivity contribution in [2.45, 2.75) is 25.6 Å². The van der Waals surface area contributed by atoms with E-state index < -0.39 is 35.5 Å². The SMILES string of the molecule is COC(=O)CCNC(=O)C(C)Oc1ccccc1C(F)(F)F. The lowest BCUT2D eigenvalue weighted by atomic mass is 10.2. The van der Waals surface area contributed by atoms with Crippen LogP contribution < -0.4 is 10.1 Å². The van der Waals surface area contributed by atoms with Crippen molar-refractivity contribution in [2.24, 2.45) is 0 Å². The van der Waals surface area contributed by atoms with Gasteiger partial charge in [0, 0.05) is 6.54 Å². The summed E-state index contributed by atoms with van der Waals surface area (Å²) in [5.74, 6) is -1.55. The monoisotopic (exact) mass is 319 g/mol. The van der Waals surface area contributed by atoms with Gasteiger partial charge in [-0.25, -0.2) is 0 Å². The first-order valence-electron chi connectivity index (χ1n) is 6.43. The van der Waals surface area contributed by atoms with Gasteiger partial charge in [0.15, 0.2) is 6.10 Å². The average Bonchev–Trinajstić information content (AvgIpc) is 2.46. The molecule has 0 aromatic heterocycles. The third-order valence-electron chi connectivity index (χ3n) is 2.72. The number of methoxy groups -OCH3 is 1. The number of alkyl halides is 3. The fraction of sp³-hybridized carbons (Fsp3) is 0.429. The van der Waals surface area contributed by atoms with Crippen LogP contribution in [-0.4, -0.2) is 31.6 Å². The third-order valence-corrected chi connectivity index (χ3v) is 2.72. The highest BCUT2D eigenvalue weighted by atomic mass is 19.4. The molecule has 0 aliphatic heterocycles. The molecule has 0 saturated carbocycles. The van der Waals surface area contributed by atoms with Gasteiger partial charge in [0.1, 0.15) is 5.75 Å². The summed E-state index contributed by atoms with van der Waals surface area (Å²) >= 11 is 0. The summed E-state index contributed by atoms with van der Waals surface area (Å²) in [4.78, 5) is 22.6. The Morgan fingerprint density at radius 1 is 1.27 bits per heavy atom. The molecule has 0 spiro atoms. The minimum atomic E-state index is -4.57. The van der Waals surface area contributed by atoms with Crippen molar-refractivity contribution in [2.75, 3.05) is 13.7 Å². The molecule has 8 heteroatoms. The lowest BCUT2D eigenvalue weighted by molar-refractivity contribution is -0.142. The fourth-order valence-electron chi connectivity index (χ4n) is 1.58. The van der Waals surface area contributed by atoms with Crippen LogP contribution in [0.3, 0.4) is 0 Å². The molecule has 5 nitrogen and oxygen atoms in total. The number of carbonyl (C=O) groups excluding carboxylic acids is 2. The summed E-state index contributed by atoms with van der Waals surface area (Å²) in [6.45, 7) is 1.33. The van der Waals surface area contributed by atoms with Crippen molar-refractivity contribution in [3.05, 3.63) is 29.8 Å². The maximum atomic E-state index is 12.8. The first kappa shape index (κ1) is 17.8. The van der Waals surface area contributed by atoms with E-state index >= 15 is 0 Å². The number of rotatable bonds is 6. The largest absolute Gasteiger partial charge is 0.480 e. The molecule has 1 amide bonds. The van der Waals surface area contributed by atoms with E-state index in [2.05, 4.69) is 10.1 Å². The molecule has 0 aliphatic carbocycles. The number of esters is 1. The molecule has 0 radical (unpaired) electrons. The maximum absolute atomic E-state index is 12.8. The summed E-state index contributed by atoms with van der Waals surface area (Å²) in [5, 5.41) is 2.38. The number of amides is 1. The average molecular weight is 319 g/mol. The van der Waals surface area contributed by atoms with Gasteiger partial charge >= 0.3 is 12.1 Å². The summed E-state index contributed by atoms with van der Waals surface area (Å²) in [6, 6.07) is 4.63. The van der Waals surface area contributed by atoms with E-state index in [1.165, 1.54) is 26.2 Å². The zero-order chi connectivity index (χ0) is 16.8. The Bertz CT molecular complexity index is 531. The van der Waals surface area contributed by atoms with Crippen LogP contribution in [0.4, 0.5) is 13.2 Å². The Morgan fingerprint density at radius 3 is 2.50 bits per heavy atom. The second kappa shape index (κ2) is 7.67. The lowest BCUT2D eigenvalue weighted by Gasteiger charge is -2.18. The molecule has 0 aliphatic rings. The number of para-hydroxylation sites is 1. The number of ether oxygens (including phenoxy) is 2. The highest BCUT2D eigenvalue weighted by Crippen LogP contribution is 2.36. The first-order valence-corrected chi connectivity index (χ1v) is 6.43. The van der Waals surface area contributed by atoms with E-state index in [-0.39, 0.29) is 13.0 Å². The number of hydrogen-bond acceptors (Lipinski definition) is 4. The zero-order valence-corrected chi connectivity index (χ0v) is 12.1. The fourth-order valence-corrected chi connectivity index (χ4v) is 1.58. The topological polar surface area (TPSA) is 64.6 Å². The number of benzene rings is 1. The molecule has 1 rings (SSSR count). The smallest absolute Gasteiger partial charge is 0.419 e. The zero-order valence-electron chi connectivity index (χ0n) is 12.1. The molecular formula is C14H16F3NO4. The molecule has 1 unspecified atom stereocenters. The van der Waals surface area contributed by atoms with Gasteiger partial charge in [-0.3, -0.25) is 9.59 Å². The lowest BCUT2D eigenvalue weighted by Crippen LogP contribution is -2.37. The number of halogens is 3. The van der Waals surface area contributed by atoms with Gasteiger partial charge in [0.25, 0.3) is 5.91 Å².